The summed E-state index contributed by atoms with van der Waals surface area (Å²) in [5.74, 6) is 1.42. The monoisotopic (exact) mass is 327 g/mol. The molecule has 0 bridgehead atoms. The van der Waals surface area contributed by atoms with Gasteiger partial charge in [0, 0.05) is 52.4 Å². The Kier molecular flexibility index (Phi) is 9.52. The highest BCUT2D eigenvalue weighted by atomic mass is 16.5. The van der Waals surface area contributed by atoms with Crippen LogP contribution >= 0.6 is 0 Å². The molecule has 0 aromatic carbocycles. The first-order chi connectivity index (χ1) is 11.0. The van der Waals surface area contributed by atoms with Gasteiger partial charge < -0.3 is 20.3 Å². The molecule has 0 aromatic heterocycles. The van der Waals surface area contributed by atoms with E-state index in [1.807, 2.05) is 7.05 Å². The van der Waals surface area contributed by atoms with Crippen molar-refractivity contribution in [2.75, 3.05) is 60.5 Å². The number of likely N-dealkylation sites (N-methyl/N-ethyl adjacent to an activating group) is 2. The number of nitrogens with zero attached hydrogens (tertiary/aromatic N) is 3. The Bertz CT molecular complexity index is 348. The van der Waals surface area contributed by atoms with Gasteiger partial charge >= 0.3 is 0 Å². The number of aliphatic imine (C=N–C) groups is 1. The lowest BCUT2D eigenvalue weighted by atomic mass is 10.0. The number of ether oxygens (including phenoxy) is 1. The van der Waals surface area contributed by atoms with Gasteiger partial charge in [-0.25, -0.2) is 0 Å². The highest BCUT2D eigenvalue weighted by molar-refractivity contribution is 5.79. The van der Waals surface area contributed by atoms with Crippen LogP contribution in [0.1, 0.15) is 27.2 Å². The standard InChI is InChI=1S/C17H37N5O/c1-7-23-16(14(2)3)8-9-19-17(18-4)20-12-15-13-21(5)10-11-22(15)6/h14-16H,7-13H2,1-6H3,(H2,18,19,20). The van der Waals surface area contributed by atoms with E-state index in [0.29, 0.717) is 18.1 Å². The maximum atomic E-state index is 5.79. The van der Waals surface area contributed by atoms with E-state index in [4.69, 9.17) is 4.74 Å². The minimum absolute atomic E-state index is 0.309. The van der Waals surface area contributed by atoms with Crippen LogP contribution in [0.2, 0.25) is 0 Å². The van der Waals surface area contributed by atoms with Crippen LogP contribution in [0.4, 0.5) is 0 Å². The smallest absolute Gasteiger partial charge is 0.191 e. The van der Waals surface area contributed by atoms with Crippen molar-refractivity contribution in [1.29, 1.82) is 0 Å². The molecule has 0 radical (unpaired) electrons. The van der Waals surface area contributed by atoms with Gasteiger partial charge in [0.15, 0.2) is 5.96 Å². The van der Waals surface area contributed by atoms with Gasteiger partial charge in [0.25, 0.3) is 0 Å². The summed E-state index contributed by atoms with van der Waals surface area (Å²) in [6.45, 7) is 12.4. The first kappa shape index (κ1) is 20.2. The summed E-state index contributed by atoms with van der Waals surface area (Å²) >= 11 is 0. The van der Waals surface area contributed by atoms with Gasteiger partial charge in [-0.2, -0.15) is 0 Å². The zero-order valence-corrected chi connectivity index (χ0v) is 15.9. The Balaban J connectivity index is 2.31. The zero-order chi connectivity index (χ0) is 17.2. The van der Waals surface area contributed by atoms with Crippen molar-refractivity contribution >= 4 is 5.96 Å². The van der Waals surface area contributed by atoms with Crippen molar-refractivity contribution in [3.05, 3.63) is 0 Å². The topological polar surface area (TPSA) is 52.1 Å². The third-order valence-corrected chi connectivity index (χ3v) is 4.55. The molecule has 0 aliphatic carbocycles. The molecule has 1 heterocycles. The normalized spacial score (nSPS) is 22.4. The molecule has 2 atom stereocenters. The van der Waals surface area contributed by atoms with Crippen LogP contribution in [0.3, 0.4) is 0 Å². The minimum atomic E-state index is 0.309. The Morgan fingerprint density at radius 2 is 2.00 bits per heavy atom. The summed E-state index contributed by atoms with van der Waals surface area (Å²) in [6, 6.07) is 0.527. The maximum absolute atomic E-state index is 5.79. The first-order valence-electron chi connectivity index (χ1n) is 8.92. The van der Waals surface area contributed by atoms with E-state index in [0.717, 1.165) is 51.7 Å². The lowest BCUT2D eigenvalue weighted by molar-refractivity contribution is 0.0258. The van der Waals surface area contributed by atoms with Crippen molar-refractivity contribution in [3.63, 3.8) is 0 Å². The summed E-state index contributed by atoms with van der Waals surface area (Å²) < 4.78 is 5.79. The number of nitrogens with one attached hydrogen (secondary N) is 2. The Morgan fingerprint density at radius 1 is 1.26 bits per heavy atom. The molecule has 1 fully saturated rings. The molecule has 2 unspecified atom stereocenters. The summed E-state index contributed by atoms with van der Waals surface area (Å²) in [7, 11) is 6.21. The fraction of sp³-hybridized carbons (Fsp3) is 0.941. The molecule has 23 heavy (non-hydrogen) atoms. The fourth-order valence-electron chi connectivity index (χ4n) is 2.91. The van der Waals surface area contributed by atoms with Crippen molar-refractivity contribution in [3.8, 4) is 0 Å². The second-order valence-corrected chi connectivity index (χ2v) is 6.80. The van der Waals surface area contributed by atoms with Gasteiger partial charge in [0.2, 0.25) is 0 Å². The van der Waals surface area contributed by atoms with Crippen LogP contribution in [-0.2, 0) is 4.74 Å². The van der Waals surface area contributed by atoms with Crippen LogP contribution in [0.5, 0.6) is 0 Å². The summed E-state index contributed by atoms with van der Waals surface area (Å²) in [5.41, 5.74) is 0. The van der Waals surface area contributed by atoms with E-state index in [1.165, 1.54) is 0 Å². The van der Waals surface area contributed by atoms with Crippen LogP contribution in [0.15, 0.2) is 4.99 Å². The van der Waals surface area contributed by atoms with Gasteiger partial charge in [0.05, 0.1) is 6.10 Å². The molecule has 1 rings (SSSR count). The Morgan fingerprint density at radius 3 is 2.61 bits per heavy atom. The molecular weight excluding hydrogens is 290 g/mol. The second-order valence-electron chi connectivity index (χ2n) is 6.80. The molecular formula is C17H37N5O. The Hall–Kier alpha value is -0.850. The van der Waals surface area contributed by atoms with Crippen LogP contribution in [0.25, 0.3) is 0 Å². The molecule has 0 spiro atoms. The average molecular weight is 328 g/mol. The second kappa shape index (κ2) is 10.8. The number of guanidine groups is 1. The van der Waals surface area contributed by atoms with Gasteiger partial charge in [-0.1, -0.05) is 13.8 Å². The predicted molar refractivity (Wildman–Crippen MR) is 98.1 cm³/mol. The largest absolute Gasteiger partial charge is 0.378 e. The molecule has 1 saturated heterocycles. The van der Waals surface area contributed by atoms with Gasteiger partial charge in [-0.3, -0.25) is 9.89 Å². The van der Waals surface area contributed by atoms with Crippen LogP contribution < -0.4 is 10.6 Å². The summed E-state index contributed by atoms with van der Waals surface area (Å²) in [4.78, 5) is 9.13. The van der Waals surface area contributed by atoms with Crippen molar-refractivity contribution in [2.45, 2.75) is 39.3 Å². The molecule has 136 valence electrons. The molecule has 1 aliphatic heterocycles. The van der Waals surface area contributed by atoms with Crippen LogP contribution in [-0.4, -0.2) is 88.4 Å². The fourth-order valence-corrected chi connectivity index (χ4v) is 2.91. The number of rotatable bonds is 8. The summed E-state index contributed by atoms with van der Waals surface area (Å²) in [5, 5.41) is 6.86. The van der Waals surface area contributed by atoms with E-state index in [9.17, 15) is 0 Å². The predicted octanol–water partition coefficient (Wildman–Crippen LogP) is 0.848. The van der Waals surface area contributed by atoms with Crippen molar-refractivity contribution in [1.82, 2.24) is 20.4 Å². The van der Waals surface area contributed by atoms with Gasteiger partial charge in [-0.15, -0.1) is 0 Å². The average Bonchev–Trinajstić information content (AvgIpc) is 2.52. The van der Waals surface area contributed by atoms with Gasteiger partial charge in [-0.05, 0) is 33.4 Å². The molecule has 0 saturated carbocycles. The van der Waals surface area contributed by atoms with Crippen LogP contribution in [0, 0.1) is 5.92 Å². The first-order valence-corrected chi connectivity index (χ1v) is 8.92. The number of hydrogen-bond acceptors (Lipinski definition) is 4. The number of piperazine rings is 1. The third-order valence-electron chi connectivity index (χ3n) is 4.55. The van der Waals surface area contributed by atoms with E-state index in [2.05, 4.69) is 60.3 Å². The third kappa shape index (κ3) is 7.50. The zero-order valence-electron chi connectivity index (χ0n) is 15.9. The lowest BCUT2D eigenvalue weighted by Crippen LogP contribution is -2.55. The molecule has 0 aromatic rings. The van der Waals surface area contributed by atoms with Gasteiger partial charge in [0.1, 0.15) is 0 Å². The molecule has 0 amide bonds. The Labute approximate surface area is 142 Å². The lowest BCUT2D eigenvalue weighted by Gasteiger charge is -2.38. The SMILES string of the molecule is CCOC(CCNC(=NC)NCC1CN(C)CCN1C)C(C)C. The highest BCUT2D eigenvalue weighted by Gasteiger charge is 2.22. The molecule has 6 nitrogen and oxygen atoms in total. The number of hydrogen-bond donors (Lipinski definition) is 2. The molecule has 6 heteroatoms. The van der Waals surface area contributed by atoms with E-state index in [1.54, 1.807) is 0 Å². The van der Waals surface area contributed by atoms with E-state index >= 15 is 0 Å². The van der Waals surface area contributed by atoms with Crippen molar-refractivity contribution in [2.24, 2.45) is 10.9 Å². The van der Waals surface area contributed by atoms with E-state index < -0.39 is 0 Å². The quantitative estimate of drug-likeness (QED) is 0.511. The molecule has 1 aliphatic rings. The minimum Gasteiger partial charge on any atom is -0.378 e. The maximum Gasteiger partial charge on any atom is 0.191 e. The summed E-state index contributed by atoms with van der Waals surface area (Å²) in [6.07, 6.45) is 1.31. The van der Waals surface area contributed by atoms with E-state index in [-0.39, 0.29) is 0 Å². The molecule has 2 N–H and O–H groups in total. The highest BCUT2D eigenvalue weighted by Crippen LogP contribution is 2.10. The van der Waals surface area contributed by atoms with Crippen molar-refractivity contribution < 1.29 is 4.74 Å².